The van der Waals surface area contributed by atoms with Crippen molar-refractivity contribution in [1.82, 2.24) is 0 Å². The van der Waals surface area contributed by atoms with Crippen molar-refractivity contribution < 1.29 is 9.13 Å². The molecule has 2 nitrogen and oxygen atoms in total. The smallest absolute Gasteiger partial charge is 0.123 e. The predicted octanol–water partition coefficient (Wildman–Crippen LogP) is 3.86. The Morgan fingerprint density at radius 1 is 1.10 bits per heavy atom. The number of hydrogen-bond acceptors (Lipinski definition) is 2. The van der Waals surface area contributed by atoms with Gasteiger partial charge in [0.05, 0.1) is 6.10 Å². The summed E-state index contributed by atoms with van der Waals surface area (Å²) in [5.41, 5.74) is 8.09. The summed E-state index contributed by atoms with van der Waals surface area (Å²) >= 11 is 0. The van der Waals surface area contributed by atoms with E-state index in [2.05, 4.69) is 0 Å². The lowest BCUT2D eigenvalue weighted by Crippen LogP contribution is -2.13. The molecule has 3 heteroatoms. The van der Waals surface area contributed by atoms with Crippen molar-refractivity contribution in [3.63, 3.8) is 0 Å². The highest BCUT2D eigenvalue weighted by molar-refractivity contribution is 5.30. The van der Waals surface area contributed by atoms with Crippen LogP contribution in [0.2, 0.25) is 0 Å². The molecule has 0 saturated carbocycles. The van der Waals surface area contributed by atoms with Gasteiger partial charge in [-0.1, -0.05) is 24.3 Å². The zero-order valence-corrected chi connectivity index (χ0v) is 11.8. The molecule has 0 aromatic heterocycles. The zero-order valence-electron chi connectivity index (χ0n) is 11.8. The van der Waals surface area contributed by atoms with E-state index in [9.17, 15) is 4.39 Å². The highest BCUT2D eigenvalue weighted by Gasteiger charge is 2.08. The standard InChI is InChI=1S/C17H20FNO/c1-12(2)20-16-8-6-14(7-9-16)17(19)11-13-4-3-5-15(18)10-13/h3-10,12,17H,11,19H2,1-2H3. The second-order valence-electron chi connectivity index (χ2n) is 5.18. The third-order valence-corrected chi connectivity index (χ3v) is 3.02. The van der Waals surface area contributed by atoms with Crippen molar-refractivity contribution >= 4 is 0 Å². The molecule has 1 unspecified atom stereocenters. The first kappa shape index (κ1) is 14.5. The summed E-state index contributed by atoms with van der Waals surface area (Å²) in [6.07, 6.45) is 0.768. The Morgan fingerprint density at radius 2 is 1.80 bits per heavy atom. The molecule has 0 radical (unpaired) electrons. The van der Waals surface area contributed by atoms with Gasteiger partial charge in [0.15, 0.2) is 0 Å². The van der Waals surface area contributed by atoms with Gasteiger partial charge in [0.1, 0.15) is 11.6 Å². The summed E-state index contributed by atoms with van der Waals surface area (Å²) in [6, 6.07) is 14.2. The largest absolute Gasteiger partial charge is 0.491 e. The van der Waals surface area contributed by atoms with Gasteiger partial charge in [0, 0.05) is 6.04 Å². The highest BCUT2D eigenvalue weighted by Crippen LogP contribution is 2.20. The van der Waals surface area contributed by atoms with E-state index in [1.165, 1.54) is 12.1 Å². The van der Waals surface area contributed by atoms with Gasteiger partial charge >= 0.3 is 0 Å². The molecule has 0 amide bonds. The minimum atomic E-state index is -0.226. The summed E-state index contributed by atoms with van der Waals surface area (Å²) in [7, 11) is 0. The second kappa shape index (κ2) is 6.53. The fraction of sp³-hybridized carbons (Fsp3) is 0.294. The van der Waals surface area contributed by atoms with Gasteiger partial charge in [-0.25, -0.2) is 4.39 Å². The van der Waals surface area contributed by atoms with Crippen LogP contribution in [-0.2, 0) is 6.42 Å². The topological polar surface area (TPSA) is 35.2 Å². The van der Waals surface area contributed by atoms with Crippen LogP contribution in [0.1, 0.15) is 31.0 Å². The Morgan fingerprint density at radius 3 is 2.40 bits per heavy atom. The summed E-state index contributed by atoms with van der Waals surface area (Å²) in [6.45, 7) is 3.98. The fourth-order valence-corrected chi connectivity index (χ4v) is 2.10. The van der Waals surface area contributed by atoms with Crippen LogP contribution in [0.4, 0.5) is 4.39 Å². The van der Waals surface area contributed by atoms with Crippen molar-refractivity contribution in [2.45, 2.75) is 32.4 Å². The van der Waals surface area contributed by atoms with E-state index in [4.69, 9.17) is 10.5 Å². The minimum Gasteiger partial charge on any atom is -0.491 e. The molecule has 2 aromatic rings. The van der Waals surface area contributed by atoms with Crippen molar-refractivity contribution in [3.8, 4) is 5.75 Å². The Labute approximate surface area is 119 Å². The van der Waals surface area contributed by atoms with Gasteiger partial charge in [-0.2, -0.15) is 0 Å². The highest BCUT2D eigenvalue weighted by atomic mass is 19.1. The summed E-state index contributed by atoms with van der Waals surface area (Å²) < 4.78 is 18.7. The summed E-state index contributed by atoms with van der Waals surface area (Å²) in [5, 5.41) is 0. The molecular formula is C17H20FNO. The Kier molecular flexibility index (Phi) is 4.74. The van der Waals surface area contributed by atoms with E-state index < -0.39 is 0 Å². The molecule has 106 valence electrons. The zero-order chi connectivity index (χ0) is 14.5. The first-order valence-electron chi connectivity index (χ1n) is 6.81. The average Bonchev–Trinajstić information content (AvgIpc) is 2.38. The molecule has 0 fully saturated rings. The van der Waals surface area contributed by atoms with E-state index >= 15 is 0 Å². The van der Waals surface area contributed by atoms with Gasteiger partial charge in [-0.3, -0.25) is 0 Å². The maximum absolute atomic E-state index is 13.1. The quantitative estimate of drug-likeness (QED) is 0.898. The van der Waals surface area contributed by atoms with Crippen molar-refractivity contribution in [2.75, 3.05) is 0 Å². The summed E-state index contributed by atoms with van der Waals surface area (Å²) in [4.78, 5) is 0. The number of hydrogen-bond donors (Lipinski definition) is 1. The van der Waals surface area contributed by atoms with Gasteiger partial charge < -0.3 is 10.5 Å². The third kappa shape index (κ3) is 4.07. The van der Waals surface area contributed by atoms with Crippen LogP contribution in [-0.4, -0.2) is 6.10 Å². The average molecular weight is 273 g/mol. The molecule has 0 bridgehead atoms. The molecule has 0 saturated heterocycles. The van der Waals surface area contributed by atoms with Crippen LogP contribution in [0, 0.1) is 5.82 Å². The van der Waals surface area contributed by atoms with E-state index in [1.54, 1.807) is 6.07 Å². The van der Waals surface area contributed by atoms with Crippen LogP contribution >= 0.6 is 0 Å². The lowest BCUT2D eigenvalue weighted by atomic mass is 9.99. The molecule has 0 aliphatic carbocycles. The number of rotatable bonds is 5. The molecule has 0 aliphatic heterocycles. The molecule has 2 rings (SSSR count). The van der Waals surface area contributed by atoms with Crippen molar-refractivity contribution in [1.29, 1.82) is 0 Å². The summed E-state index contributed by atoms with van der Waals surface area (Å²) in [5.74, 6) is 0.608. The van der Waals surface area contributed by atoms with Gasteiger partial charge in [-0.05, 0) is 55.7 Å². The van der Waals surface area contributed by atoms with Crippen molar-refractivity contribution in [3.05, 3.63) is 65.5 Å². The number of nitrogens with two attached hydrogens (primary N) is 1. The molecule has 0 aliphatic rings. The molecule has 0 heterocycles. The Balaban J connectivity index is 2.03. The van der Waals surface area contributed by atoms with Crippen LogP contribution in [0.25, 0.3) is 0 Å². The minimum absolute atomic E-state index is 0.148. The van der Waals surface area contributed by atoms with Gasteiger partial charge in [0.25, 0.3) is 0 Å². The maximum atomic E-state index is 13.1. The molecule has 1 atom stereocenters. The predicted molar refractivity (Wildman–Crippen MR) is 79.2 cm³/mol. The molecule has 2 N–H and O–H groups in total. The lowest BCUT2D eigenvalue weighted by Gasteiger charge is -2.14. The fourth-order valence-electron chi connectivity index (χ4n) is 2.10. The van der Waals surface area contributed by atoms with E-state index in [0.29, 0.717) is 6.42 Å². The first-order valence-corrected chi connectivity index (χ1v) is 6.81. The van der Waals surface area contributed by atoms with Gasteiger partial charge in [-0.15, -0.1) is 0 Å². The SMILES string of the molecule is CC(C)Oc1ccc(C(N)Cc2cccc(F)c2)cc1. The molecule has 0 spiro atoms. The Bertz CT molecular complexity index is 551. The maximum Gasteiger partial charge on any atom is 0.123 e. The third-order valence-electron chi connectivity index (χ3n) is 3.02. The van der Waals surface area contributed by atoms with Crippen LogP contribution in [0.3, 0.4) is 0 Å². The molecule has 20 heavy (non-hydrogen) atoms. The number of ether oxygens (including phenoxy) is 1. The number of halogens is 1. The number of benzene rings is 2. The van der Waals surface area contributed by atoms with E-state index in [1.807, 2.05) is 44.2 Å². The van der Waals surface area contributed by atoms with Crippen LogP contribution in [0.5, 0.6) is 5.75 Å². The second-order valence-corrected chi connectivity index (χ2v) is 5.18. The van der Waals surface area contributed by atoms with E-state index in [0.717, 1.165) is 16.9 Å². The lowest BCUT2D eigenvalue weighted by molar-refractivity contribution is 0.242. The first-order chi connectivity index (χ1) is 9.54. The van der Waals surface area contributed by atoms with Gasteiger partial charge in [0.2, 0.25) is 0 Å². The molecule has 2 aromatic carbocycles. The van der Waals surface area contributed by atoms with Crippen LogP contribution in [0.15, 0.2) is 48.5 Å². The van der Waals surface area contributed by atoms with Crippen molar-refractivity contribution in [2.24, 2.45) is 5.73 Å². The monoisotopic (exact) mass is 273 g/mol. The molecular weight excluding hydrogens is 253 g/mol. The Hall–Kier alpha value is -1.87. The van der Waals surface area contributed by atoms with E-state index in [-0.39, 0.29) is 18.0 Å². The normalized spacial score (nSPS) is 12.4. The van der Waals surface area contributed by atoms with Crippen LogP contribution < -0.4 is 10.5 Å².